The molecule has 1 N–H and O–H groups in total. The average Bonchev–Trinajstić information content (AvgIpc) is 3.24. The van der Waals surface area contributed by atoms with E-state index in [0.29, 0.717) is 0 Å². The number of aromatic nitrogens is 1. The monoisotopic (exact) mass is 471 g/mol. The Kier molecular flexibility index (Phi) is 5.37. The lowest BCUT2D eigenvalue weighted by atomic mass is 9.72. The van der Waals surface area contributed by atoms with E-state index < -0.39 is 0 Å². The minimum Gasteiger partial charge on any atom is -0.369 e. The van der Waals surface area contributed by atoms with E-state index in [1.54, 1.807) is 0 Å². The predicted octanol–water partition coefficient (Wildman–Crippen LogP) is 8.59. The van der Waals surface area contributed by atoms with Crippen molar-refractivity contribution in [3.8, 4) is 5.69 Å². The van der Waals surface area contributed by atoms with Gasteiger partial charge in [-0.3, -0.25) is 0 Å². The summed E-state index contributed by atoms with van der Waals surface area (Å²) in [6.07, 6.45) is 2.15. The molecule has 1 aliphatic heterocycles. The first-order chi connectivity index (χ1) is 17.5. The van der Waals surface area contributed by atoms with Crippen molar-refractivity contribution in [2.75, 3.05) is 23.8 Å². The van der Waals surface area contributed by atoms with Crippen LogP contribution in [0, 0.1) is 0 Å². The van der Waals surface area contributed by atoms with E-state index in [-0.39, 0.29) is 5.41 Å². The molecule has 6 rings (SSSR count). The molecule has 180 valence electrons. The Morgan fingerprint density at radius 1 is 0.833 bits per heavy atom. The third kappa shape index (κ3) is 3.42. The van der Waals surface area contributed by atoms with Gasteiger partial charge >= 0.3 is 0 Å². The molecule has 0 bridgehead atoms. The number of benzene rings is 4. The summed E-state index contributed by atoms with van der Waals surface area (Å²) >= 11 is 0. The van der Waals surface area contributed by atoms with E-state index in [0.717, 1.165) is 36.4 Å². The maximum absolute atomic E-state index is 4.63. The molecule has 5 aromatic rings. The molecule has 1 unspecified atom stereocenters. The van der Waals surface area contributed by atoms with Gasteiger partial charge in [0.1, 0.15) is 0 Å². The Morgan fingerprint density at radius 3 is 2.17 bits per heavy atom. The topological polar surface area (TPSA) is 20.2 Å². The number of hydrogen-bond acceptors (Lipinski definition) is 2. The van der Waals surface area contributed by atoms with Crippen LogP contribution >= 0.6 is 0 Å². The molecular weight excluding hydrogens is 438 g/mol. The lowest BCUT2D eigenvalue weighted by Gasteiger charge is -2.35. The molecule has 4 aromatic carbocycles. The molecule has 0 radical (unpaired) electrons. The molecule has 0 spiro atoms. The minimum atomic E-state index is -0.132. The van der Waals surface area contributed by atoms with Crippen LogP contribution in [-0.4, -0.2) is 18.2 Å². The number of fused-ring (bicyclic) bond motifs is 5. The van der Waals surface area contributed by atoms with Crippen molar-refractivity contribution in [3.63, 3.8) is 0 Å². The van der Waals surface area contributed by atoms with Crippen molar-refractivity contribution in [2.45, 2.75) is 32.1 Å². The Balaban J connectivity index is 1.63. The Morgan fingerprint density at radius 2 is 1.47 bits per heavy atom. The van der Waals surface area contributed by atoms with Crippen molar-refractivity contribution in [3.05, 3.63) is 109 Å². The van der Waals surface area contributed by atoms with E-state index in [9.17, 15) is 0 Å². The summed E-state index contributed by atoms with van der Waals surface area (Å²) < 4.78 is 2.39. The van der Waals surface area contributed by atoms with Gasteiger partial charge in [-0.2, -0.15) is 0 Å². The lowest BCUT2D eigenvalue weighted by molar-refractivity contribution is 0.495. The first-order valence-electron chi connectivity index (χ1n) is 12.9. The average molecular weight is 472 g/mol. The van der Waals surface area contributed by atoms with Crippen LogP contribution in [0.5, 0.6) is 0 Å². The fraction of sp³-hybridized carbons (Fsp3) is 0.212. The van der Waals surface area contributed by atoms with Crippen LogP contribution in [0.4, 0.5) is 17.1 Å². The zero-order chi connectivity index (χ0) is 24.9. The summed E-state index contributed by atoms with van der Waals surface area (Å²) in [4.78, 5) is 2.32. The van der Waals surface area contributed by atoms with Crippen LogP contribution in [0.1, 0.15) is 32.3 Å². The molecule has 0 amide bonds. The second-order valence-corrected chi connectivity index (χ2v) is 10.3. The van der Waals surface area contributed by atoms with Crippen LogP contribution in [0.3, 0.4) is 0 Å². The molecule has 0 saturated carbocycles. The summed E-state index contributed by atoms with van der Waals surface area (Å²) in [6.45, 7) is 10.1. The second-order valence-electron chi connectivity index (χ2n) is 10.3. The van der Waals surface area contributed by atoms with Crippen molar-refractivity contribution < 1.29 is 0 Å². The van der Waals surface area contributed by atoms with Gasteiger partial charge in [0.05, 0.1) is 22.4 Å². The van der Waals surface area contributed by atoms with Crippen LogP contribution in [-0.2, 0) is 5.41 Å². The normalized spacial score (nSPS) is 17.8. The van der Waals surface area contributed by atoms with Gasteiger partial charge < -0.3 is 14.8 Å². The second kappa shape index (κ2) is 8.60. The number of hydrogen-bond donors (Lipinski definition) is 1. The maximum atomic E-state index is 4.63. The molecule has 36 heavy (non-hydrogen) atoms. The van der Waals surface area contributed by atoms with E-state index in [1.807, 2.05) is 0 Å². The van der Waals surface area contributed by atoms with E-state index in [2.05, 4.69) is 133 Å². The maximum Gasteiger partial charge on any atom is 0.0622 e. The summed E-state index contributed by atoms with van der Waals surface area (Å²) in [5, 5.41) is 6.41. The zero-order valence-electron chi connectivity index (χ0n) is 21.4. The number of nitrogens with zero attached hydrogens (tertiary/aromatic N) is 2. The Bertz CT molecular complexity index is 1560. The van der Waals surface area contributed by atoms with Crippen molar-refractivity contribution in [1.29, 1.82) is 0 Å². The van der Waals surface area contributed by atoms with E-state index in [1.165, 1.54) is 38.6 Å². The highest BCUT2D eigenvalue weighted by Gasteiger charge is 2.33. The van der Waals surface area contributed by atoms with Gasteiger partial charge in [-0.1, -0.05) is 81.4 Å². The van der Waals surface area contributed by atoms with Gasteiger partial charge in [-0.05, 0) is 54.0 Å². The third-order valence-corrected chi connectivity index (χ3v) is 7.98. The van der Waals surface area contributed by atoms with Crippen LogP contribution < -0.4 is 10.2 Å². The molecule has 0 aliphatic carbocycles. The quantitative estimate of drug-likeness (QED) is 0.266. The molecule has 3 nitrogen and oxygen atoms in total. The Labute approximate surface area is 213 Å². The van der Waals surface area contributed by atoms with Crippen LogP contribution in [0.25, 0.3) is 27.5 Å². The van der Waals surface area contributed by atoms with Crippen molar-refractivity contribution >= 4 is 38.9 Å². The number of rotatable bonds is 3. The fourth-order valence-electron chi connectivity index (χ4n) is 6.06. The highest BCUT2D eigenvalue weighted by molar-refractivity contribution is 6.09. The van der Waals surface area contributed by atoms with Gasteiger partial charge in [0, 0.05) is 41.2 Å². The summed E-state index contributed by atoms with van der Waals surface area (Å²) in [5.74, 6) is 0. The largest absolute Gasteiger partial charge is 0.369 e. The standard InChI is InChI=1S/C33H33N3/c1-5-20-33(3)23(2)22-35(4)32-17-11-8-14-28(32)34-29-21-24(18-19-27(29)33)36-30-15-9-6-12-25(30)26-13-7-10-16-31(26)36/h6-19,21,34H,2,5,20,22H2,1,3-4H3. The van der Waals surface area contributed by atoms with Gasteiger partial charge in [-0.15, -0.1) is 0 Å². The summed E-state index contributed by atoms with van der Waals surface area (Å²) in [5.41, 5.74) is 9.49. The highest BCUT2D eigenvalue weighted by Crippen LogP contribution is 2.45. The first-order valence-corrected chi connectivity index (χ1v) is 12.9. The number of nitrogens with one attached hydrogen (secondary N) is 1. The predicted molar refractivity (Wildman–Crippen MR) is 155 cm³/mol. The van der Waals surface area contributed by atoms with Gasteiger partial charge in [0.15, 0.2) is 0 Å². The summed E-state index contributed by atoms with van der Waals surface area (Å²) in [7, 11) is 2.16. The Hall–Kier alpha value is -3.98. The molecule has 2 heterocycles. The van der Waals surface area contributed by atoms with Crippen LogP contribution in [0.15, 0.2) is 103 Å². The van der Waals surface area contributed by atoms with Gasteiger partial charge in [0.25, 0.3) is 0 Å². The smallest absolute Gasteiger partial charge is 0.0622 e. The molecule has 1 atom stereocenters. The highest BCUT2D eigenvalue weighted by atomic mass is 15.1. The molecule has 3 heteroatoms. The van der Waals surface area contributed by atoms with E-state index >= 15 is 0 Å². The molecule has 0 fully saturated rings. The van der Waals surface area contributed by atoms with Crippen LogP contribution in [0.2, 0.25) is 0 Å². The summed E-state index contributed by atoms with van der Waals surface area (Å²) in [6, 6.07) is 32.9. The molecular formula is C33H33N3. The van der Waals surface area contributed by atoms with E-state index in [4.69, 9.17) is 0 Å². The fourth-order valence-corrected chi connectivity index (χ4v) is 6.06. The molecule has 1 aliphatic rings. The SMILES string of the molecule is C=C1CN(C)c2ccccc2Nc2cc(-n3c4ccccc4c4ccccc43)ccc2C1(C)CCC. The van der Waals surface area contributed by atoms with Gasteiger partial charge in [0.2, 0.25) is 0 Å². The molecule has 0 saturated heterocycles. The minimum absolute atomic E-state index is 0.132. The number of para-hydroxylation sites is 4. The lowest BCUT2D eigenvalue weighted by Crippen LogP contribution is -2.31. The zero-order valence-corrected chi connectivity index (χ0v) is 21.4. The number of likely N-dealkylation sites (N-methyl/N-ethyl adjacent to an activating group) is 1. The molecule has 1 aromatic heterocycles. The first kappa shape index (κ1) is 22.5. The van der Waals surface area contributed by atoms with Crippen molar-refractivity contribution in [2.24, 2.45) is 0 Å². The van der Waals surface area contributed by atoms with Gasteiger partial charge in [-0.25, -0.2) is 0 Å². The van der Waals surface area contributed by atoms with Crippen molar-refractivity contribution in [1.82, 2.24) is 4.57 Å². The third-order valence-electron chi connectivity index (χ3n) is 7.98. The number of anilines is 3.